The van der Waals surface area contributed by atoms with Gasteiger partial charge in [0.25, 0.3) is 10.0 Å². The van der Waals surface area contributed by atoms with Crippen LogP contribution in [0.15, 0.2) is 39.7 Å². The fourth-order valence-electron chi connectivity index (χ4n) is 1.67. The molecule has 8 heteroatoms. The van der Waals surface area contributed by atoms with Gasteiger partial charge in [0.1, 0.15) is 16.5 Å². The van der Waals surface area contributed by atoms with Crippen molar-refractivity contribution < 1.29 is 17.2 Å². The summed E-state index contributed by atoms with van der Waals surface area (Å²) in [5.74, 6) is -1.46. The average molecular weight is 377 g/mol. The van der Waals surface area contributed by atoms with Crippen LogP contribution in [0.5, 0.6) is 0 Å². The van der Waals surface area contributed by atoms with E-state index in [4.69, 9.17) is 5.73 Å². The van der Waals surface area contributed by atoms with Gasteiger partial charge in [0.05, 0.1) is 11.4 Å². The summed E-state index contributed by atoms with van der Waals surface area (Å²) < 4.78 is 53.5. The highest BCUT2D eigenvalue weighted by atomic mass is 79.9. The molecule has 0 saturated carbocycles. The molecule has 0 radical (unpaired) electrons. The molecule has 112 valence electrons. The second-order valence-corrected chi connectivity index (χ2v) is 6.90. The number of halogens is 3. The third kappa shape index (κ3) is 3.33. The van der Waals surface area contributed by atoms with Crippen molar-refractivity contribution in [3.8, 4) is 0 Å². The molecule has 0 amide bonds. The van der Waals surface area contributed by atoms with E-state index in [1.165, 1.54) is 12.1 Å². The van der Waals surface area contributed by atoms with Gasteiger partial charge in [-0.3, -0.25) is 4.72 Å². The first-order valence-corrected chi connectivity index (χ1v) is 8.02. The van der Waals surface area contributed by atoms with Crippen molar-refractivity contribution in [1.29, 1.82) is 0 Å². The lowest BCUT2D eigenvalue weighted by Gasteiger charge is -2.12. The molecule has 0 bridgehead atoms. The van der Waals surface area contributed by atoms with Crippen LogP contribution in [0, 0.1) is 18.6 Å². The van der Waals surface area contributed by atoms with Crippen LogP contribution in [0.25, 0.3) is 0 Å². The van der Waals surface area contributed by atoms with E-state index in [9.17, 15) is 17.2 Å². The van der Waals surface area contributed by atoms with E-state index < -0.39 is 21.7 Å². The normalized spacial score (nSPS) is 11.4. The Hall–Kier alpha value is -1.67. The minimum atomic E-state index is -4.11. The highest BCUT2D eigenvalue weighted by molar-refractivity contribution is 9.10. The van der Waals surface area contributed by atoms with Gasteiger partial charge in [-0.25, -0.2) is 17.2 Å². The minimum absolute atomic E-state index is 0.00485. The van der Waals surface area contributed by atoms with Crippen LogP contribution in [-0.2, 0) is 10.0 Å². The molecule has 0 heterocycles. The van der Waals surface area contributed by atoms with Crippen molar-refractivity contribution in [2.45, 2.75) is 11.8 Å². The number of hydrogen-bond acceptors (Lipinski definition) is 3. The Kier molecular flexibility index (Phi) is 4.20. The lowest BCUT2D eigenvalue weighted by atomic mass is 10.2. The van der Waals surface area contributed by atoms with Gasteiger partial charge in [-0.1, -0.05) is 6.07 Å². The van der Waals surface area contributed by atoms with Crippen molar-refractivity contribution in [1.82, 2.24) is 0 Å². The van der Waals surface area contributed by atoms with Gasteiger partial charge >= 0.3 is 0 Å². The van der Waals surface area contributed by atoms with Gasteiger partial charge in [0.2, 0.25) is 0 Å². The van der Waals surface area contributed by atoms with E-state index in [2.05, 4.69) is 20.7 Å². The molecule has 21 heavy (non-hydrogen) atoms. The predicted octanol–water partition coefficient (Wildman–Crippen LogP) is 3.42. The molecule has 0 aliphatic rings. The molecule has 0 aliphatic heterocycles. The zero-order valence-electron chi connectivity index (χ0n) is 10.8. The predicted molar refractivity (Wildman–Crippen MR) is 80.5 cm³/mol. The molecule has 0 saturated heterocycles. The standard InChI is InChI=1S/C13H11BrF2N2O2S/c1-7-2-3-9(15)12(4-7)18-21(19,20)13-6-11(17)10(16)5-8(13)14/h2-6,18H,17H2,1H3. The Labute approximate surface area is 129 Å². The van der Waals surface area contributed by atoms with Gasteiger partial charge in [-0.05, 0) is 52.7 Å². The maximum atomic E-state index is 13.6. The number of aryl methyl sites for hydroxylation is 1. The van der Waals surface area contributed by atoms with Gasteiger partial charge in [0, 0.05) is 4.47 Å². The van der Waals surface area contributed by atoms with Crippen molar-refractivity contribution in [3.05, 3.63) is 52.0 Å². The van der Waals surface area contributed by atoms with Crippen LogP contribution in [-0.4, -0.2) is 8.42 Å². The second-order valence-electron chi connectivity index (χ2n) is 4.39. The molecule has 0 aliphatic carbocycles. The molecule has 2 aromatic carbocycles. The molecule has 0 aromatic heterocycles. The Balaban J connectivity index is 2.48. The van der Waals surface area contributed by atoms with Crippen LogP contribution in [0.2, 0.25) is 0 Å². The molecular formula is C13H11BrF2N2O2S. The van der Waals surface area contributed by atoms with Crippen LogP contribution in [0.1, 0.15) is 5.56 Å². The number of benzene rings is 2. The first-order chi connectivity index (χ1) is 9.70. The Morgan fingerprint density at radius 1 is 1.14 bits per heavy atom. The molecule has 4 nitrogen and oxygen atoms in total. The average Bonchev–Trinajstić information content (AvgIpc) is 2.37. The summed E-state index contributed by atoms with van der Waals surface area (Å²) in [6.07, 6.45) is 0. The third-order valence-electron chi connectivity index (χ3n) is 2.71. The Morgan fingerprint density at radius 3 is 2.48 bits per heavy atom. The first kappa shape index (κ1) is 15.7. The van der Waals surface area contributed by atoms with Crippen LogP contribution >= 0.6 is 15.9 Å². The monoisotopic (exact) mass is 376 g/mol. The highest BCUT2D eigenvalue weighted by Crippen LogP contribution is 2.29. The summed E-state index contributed by atoms with van der Waals surface area (Å²) >= 11 is 2.95. The van der Waals surface area contributed by atoms with Crippen LogP contribution in [0.3, 0.4) is 0 Å². The van der Waals surface area contributed by atoms with Gasteiger partial charge in [-0.2, -0.15) is 0 Å². The lowest BCUT2D eigenvalue weighted by Crippen LogP contribution is -2.15. The Bertz CT molecular complexity index is 810. The SMILES string of the molecule is Cc1ccc(F)c(NS(=O)(=O)c2cc(N)c(F)cc2Br)c1. The van der Waals surface area contributed by atoms with E-state index in [-0.39, 0.29) is 20.7 Å². The molecular weight excluding hydrogens is 366 g/mol. The molecule has 3 N–H and O–H groups in total. The zero-order valence-corrected chi connectivity index (χ0v) is 13.2. The number of sulfonamides is 1. The number of nitrogens with two attached hydrogens (primary N) is 1. The molecule has 0 spiro atoms. The van der Waals surface area contributed by atoms with E-state index in [1.54, 1.807) is 6.92 Å². The maximum Gasteiger partial charge on any atom is 0.263 e. The number of nitrogen functional groups attached to an aromatic ring is 1. The van der Waals surface area contributed by atoms with Crippen LogP contribution in [0.4, 0.5) is 20.2 Å². The summed E-state index contributed by atoms with van der Waals surface area (Å²) in [4.78, 5) is -0.276. The number of anilines is 2. The van der Waals surface area contributed by atoms with Crippen molar-refractivity contribution >= 4 is 37.3 Å². The van der Waals surface area contributed by atoms with Crippen molar-refractivity contribution in [3.63, 3.8) is 0 Å². The summed E-state index contributed by atoms with van der Waals surface area (Å²) in [5.41, 5.74) is 5.55. The quantitative estimate of drug-likeness (QED) is 0.806. The number of nitrogens with one attached hydrogen (secondary N) is 1. The number of hydrogen-bond donors (Lipinski definition) is 2. The molecule has 0 unspecified atom stereocenters. The van der Waals surface area contributed by atoms with E-state index >= 15 is 0 Å². The first-order valence-electron chi connectivity index (χ1n) is 5.74. The van der Waals surface area contributed by atoms with Gasteiger partial charge < -0.3 is 5.73 Å². The van der Waals surface area contributed by atoms with Gasteiger partial charge in [-0.15, -0.1) is 0 Å². The van der Waals surface area contributed by atoms with E-state index in [1.807, 2.05) is 0 Å². The lowest BCUT2D eigenvalue weighted by molar-refractivity contribution is 0.597. The minimum Gasteiger partial charge on any atom is -0.396 e. The third-order valence-corrected chi connectivity index (χ3v) is 5.03. The molecule has 2 aromatic rings. The summed E-state index contributed by atoms with van der Waals surface area (Å²) in [7, 11) is -4.11. The molecule has 0 fully saturated rings. The van der Waals surface area contributed by atoms with Crippen molar-refractivity contribution in [2.24, 2.45) is 0 Å². The zero-order chi connectivity index (χ0) is 15.8. The maximum absolute atomic E-state index is 13.6. The summed E-state index contributed by atoms with van der Waals surface area (Å²) in [6, 6.07) is 5.93. The fraction of sp³-hybridized carbons (Fsp3) is 0.0769. The van der Waals surface area contributed by atoms with Crippen LogP contribution < -0.4 is 10.5 Å². The fourth-order valence-corrected chi connectivity index (χ4v) is 3.78. The Morgan fingerprint density at radius 2 is 1.81 bits per heavy atom. The highest BCUT2D eigenvalue weighted by Gasteiger charge is 2.21. The second kappa shape index (κ2) is 5.61. The number of rotatable bonds is 3. The summed E-state index contributed by atoms with van der Waals surface area (Å²) in [5, 5.41) is 0. The molecule has 0 atom stereocenters. The largest absolute Gasteiger partial charge is 0.396 e. The van der Waals surface area contributed by atoms with Gasteiger partial charge in [0.15, 0.2) is 0 Å². The topological polar surface area (TPSA) is 72.2 Å². The molecule has 2 rings (SSSR count). The van der Waals surface area contributed by atoms with Crippen molar-refractivity contribution in [2.75, 3.05) is 10.5 Å². The van der Waals surface area contributed by atoms with E-state index in [0.29, 0.717) is 5.56 Å². The summed E-state index contributed by atoms with van der Waals surface area (Å²) in [6.45, 7) is 1.70. The van der Waals surface area contributed by atoms with E-state index in [0.717, 1.165) is 18.2 Å². The smallest absolute Gasteiger partial charge is 0.263 e.